The van der Waals surface area contributed by atoms with Gasteiger partial charge in [-0.25, -0.2) is 4.79 Å². The number of hydrogen-bond acceptors (Lipinski definition) is 4. The van der Waals surface area contributed by atoms with Crippen LogP contribution >= 0.6 is 23.1 Å². The van der Waals surface area contributed by atoms with Crippen molar-refractivity contribution in [3.05, 3.63) is 16.5 Å². The van der Waals surface area contributed by atoms with Gasteiger partial charge in [0.2, 0.25) is 5.91 Å². The van der Waals surface area contributed by atoms with Crippen molar-refractivity contribution in [2.45, 2.75) is 31.4 Å². The number of hydrogen-bond donors (Lipinski definition) is 2. The van der Waals surface area contributed by atoms with E-state index in [1.807, 2.05) is 0 Å². The second-order valence-corrected chi connectivity index (χ2v) is 6.64. The molecule has 1 aromatic heterocycles. The van der Waals surface area contributed by atoms with Gasteiger partial charge in [-0.15, -0.1) is 23.1 Å². The Labute approximate surface area is 114 Å². The zero-order valence-electron chi connectivity index (χ0n) is 10.1. The van der Waals surface area contributed by atoms with Crippen molar-refractivity contribution in [2.24, 2.45) is 0 Å². The lowest BCUT2D eigenvalue weighted by molar-refractivity contribution is -0.115. The molecule has 1 aromatic rings. The molecule has 1 amide bonds. The minimum absolute atomic E-state index is 0.00195. The Hall–Kier alpha value is -1.01. The molecule has 1 aliphatic rings. The smallest absolute Gasteiger partial charge is 0.346 e. The first-order valence-corrected chi connectivity index (χ1v) is 7.70. The molecule has 0 radical (unpaired) electrons. The third kappa shape index (κ3) is 3.05. The first-order valence-electron chi connectivity index (χ1n) is 5.84. The minimum atomic E-state index is -0.940. The molecule has 2 heterocycles. The van der Waals surface area contributed by atoms with Gasteiger partial charge in [-0.3, -0.25) is 4.79 Å². The summed E-state index contributed by atoms with van der Waals surface area (Å²) in [5.74, 6) is 0.0880. The molecule has 98 valence electrons. The van der Waals surface area contributed by atoms with Crippen LogP contribution in [0.15, 0.2) is 6.07 Å². The van der Waals surface area contributed by atoms with E-state index in [9.17, 15) is 9.59 Å². The molecule has 1 aliphatic heterocycles. The molecule has 0 spiro atoms. The van der Waals surface area contributed by atoms with Crippen molar-refractivity contribution >= 4 is 40.0 Å². The second-order valence-electron chi connectivity index (χ2n) is 4.27. The van der Waals surface area contributed by atoms with Crippen molar-refractivity contribution < 1.29 is 14.7 Å². The van der Waals surface area contributed by atoms with E-state index in [2.05, 4.69) is 5.32 Å². The molecule has 1 unspecified atom stereocenters. The van der Waals surface area contributed by atoms with Crippen molar-refractivity contribution in [1.29, 1.82) is 0 Å². The monoisotopic (exact) mass is 285 g/mol. The van der Waals surface area contributed by atoms with Gasteiger partial charge in [-0.05, 0) is 37.1 Å². The SMILES string of the molecule is Cc1cc(NC(=O)C2CCCCS2)sc1C(=O)O. The molecule has 0 bridgehead atoms. The third-order valence-electron chi connectivity index (χ3n) is 2.83. The van der Waals surface area contributed by atoms with Crippen LogP contribution in [0.2, 0.25) is 0 Å². The Morgan fingerprint density at radius 2 is 2.22 bits per heavy atom. The number of carboxylic acids is 1. The van der Waals surface area contributed by atoms with Gasteiger partial charge in [0.05, 0.1) is 10.3 Å². The maximum absolute atomic E-state index is 12.0. The van der Waals surface area contributed by atoms with Crippen LogP contribution in [0.1, 0.15) is 34.5 Å². The summed E-state index contributed by atoms with van der Waals surface area (Å²) in [5, 5.41) is 12.4. The highest BCUT2D eigenvalue weighted by Crippen LogP contribution is 2.29. The summed E-state index contributed by atoms with van der Waals surface area (Å²) in [6.07, 6.45) is 3.18. The van der Waals surface area contributed by atoms with E-state index in [0.29, 0.717) is 15.4 Å². The molecule has 0 aromatic carbocycles. The van der Waals surface area contributed by atoms with Crippen molar-refractivity contribution in [1.82, 2.24) is 0 Å². The summed E-state index contributed by atoms with van der Waals surface area (Å²) in [6, 6.07) is 1.72. The Bertz CT molecular complexity index is 464. The molecule has 6 heteroatoms. The highest BCUT2D eigenvalue weighted by Gasteiger charge is 2.23. The first kappa shape index (κ1) is 13.4. The largest absolute Gasteiger partial charge is 0.477 e. The number of anilines is 1. The van der Waals surface area contributed by atoms with Crippen molar-refractivity contribution in [3.8, 4) is 0 Å². The molecule has 1 atom stereocenters. The van der Waals surface area contributed by atoms with E-state index in [1.165, 1.54) is 6.42 Å². The Balaban J connectivity index is 2.02. The van der Waals surface area contributed by atoms with Gasteiger partial charge in [-0.2, -0.15) is 0 Å². The van der Waals surface area contributed by atoms with Gasteiger partial charge in [0.1, 0.15) is 4.88 Å². The van der Waals surface area contributed by atoms with E-state index in [0.717, 1.165) is 29.9 Å². The Kier molecular flexibility index (Phi) is 4.29. The topological polar surface area (TPSA) is 66.4 Å². The summed E-state index contributed by atoms with van der Waals surface area (Å²) in [5.41, 5.74) is 0.694. The number of carboxylic acid groups (broad SMARTS) is 1. The van der Waals surface area contributed by atoms with Gasteiger partial charge in [-0.1, -0.05) is 6.42 Å². The van der Waals surface area contributed by atoms with E-state index >= 15 is 0 Å². The summed E-state index contributed by atoms with van der Waals surface area (Å²) in [7, 11) is 0. The van der Waals surface area contributed by atoms with Crippen LogP contribution in [0.5, 0.6) is 0 Å². The number of carbonyl (C=O) groups is 2. The van der Waals surface area contributed by atoms with E-state index in [4.69, 9.17) is 5.11 Å². The molecule has 1 saturated heterocycles. The fraction of sp³-hybridized carbons (Fsp3) is 0.500. The summed E-state index contributed by atoms with van der Waals surface area (Å²) in [6.45, 7) is 1.74. The lowest BCUT2D eigenvalue weighted by Crippen LogP contribution is -2.27. The number of thioether (sulfide) groups is 1. The second kappa shape index (κ2) is 5.75. The fourth-order valence-electron chi connectivity index (χ4n) is 1.91. The molecule has 0 aliphatic carbocycles. The summed E-state index contributed by atoms with van der Waals surface area (Å²) >= 11 is 2.80. The van der Waals surface area contributed by atoms with Crippen LogP contribution in [0.25, 0.3) is 0 Å². The molecule has 4 nitrogen and oxygen atoms in total. The predicted molar refractivity (Wildman–Crippen MR) is 74.7 cm³/mol. The molecule has 18 heavy (non-hydrogen) atoms. The number of rotatable bonds is 3. The highest BCUT2D eigenvalue weighted by molar-refractivity contribution is 8.00. The minimum Gasteiger partial charge on any atom is -0.477 e. The van der Waals surface area contributed by atoms with Gasteiger partial charge in [0.25, 0.3) is 0 Å². The van der Waals surface area contributed by atoms with Crippen LogP contribution in [-0.2, 0) is 4.79 Å². The van der Waals surface area contributed by atoms with Gasteiger partial charge in [0, 0.05) is 0 Å². The van der Waals surface area contributed by atoms with E-state index < -0.39 is 5.97 Å². The maximum Gasteiger partial charge on any atom is 0.346 e. The van der Waals surface area contributed by atoms with E-state index in [1.54, 1.807) is 24.8 Å². The number of carbonyl (C=O) groups excluding carboxylic acids is 1. The van der Waals surface area contributed by atoms with Crippen molar-refractivity contribution in [3.63, 3.8) is 0 Å². The quantitative estimate of drug-likeness (QED) is 0.896. The number of thiophene rings is 1. The Morgan fingerprint density at radius 1 is 1.44 bits per heavy atom. The molecule has 2 rings (SSSR count). The normalized spacial score (nSPS) is 19.5. The molecular weight excluding hydrogens is 270 g/mol. The highest BCUT2D eigenvalue weighted by atomic mass is 32.2. The number of amides is 1. The molecule has 1 fully saturated rings. The number of aryl methyl sites for hydroxylation is 1. The van der Waals surface area contributed by atoms with Gasteiger partial charge >= 0.3 is 5.97 Å². The van der Waals surface area contributed by atoms with Crippen LogP contribution in [0.3, 0.4) is 0 Å². The van der Waals surface area contributed by atoms with E-state index in [-0.39, 0.29) is 11.2 Å². The van der Waals surface area contributed by atoms with Crippen LogP contribution in [-0.4, -0.2) is 28.0 Å². The van der Waals surface area contributed by atoms with Gasteiger partial charge < -0.3 is 10.4 Å². The average molecular weight is 285 g/mol. The lowest BCUT2D eigenvalue weighted by atomic mass is 10.2. The number of aromatic carboxylic acids is 1. The van der Waals surface area contributed by atoms with Gasteiger partial charge in [0.15, 0.2) is 0 Å². The standard InChI is InChI=1S/C12H15NO3S2/c1-7-6-9(18-10(7)12(15)16)13-11(14)8-4-2-3-5-17-8/h6,8H,2-5H2,1H3,(H,13,14)(H,15,16). The fourth-order valence-corrected chi connectivity index (χ4v) is 4.02. The zero-order chi connectivity index (χ0) is 13.1. The van der Waals surface area contributed by atoms with Crippen LogP contribution < -0.4 is 5.32 Å². The molecule has 0 saturated carbocycles. The first-order chi connectivity index (χ1) is 8.58. The summed E-state index contributed by atoms with van der Waals surface area (Å²) in [4.78, 5) is 23.2. The van der Waals surface area contributed by atoms with Crippen LogP contribution in [0.4, 0.5) is 5.00 Å². The Morgan fingerprint density at radius 3 is 2.78 bits per heavy atom. The summed E-state index contributed by atoms with van der Waals surface area (Å²) < 4.78 is 0. The lowest BCUT2D eigenvalue weighted by Gasteiger charge is -2.19. The molecule has 2 N–H and O–H groups in total. The maximum atomic E-state index is 12.0. The van der Waals surface area contributed by atoms with Crippen LogP contribution in [0, 0.1) is 6.92 Å². The average Bonchev–Trinajstić information content (AvgIpc) is 2.71. The molecular formula is C12H15NO3S2. The zero-order valence-corrected chi connectivity index (χ0v) is 11.7. The third-order valence-corrected chi connectivity index (χ3v) is 5.35. The predicted octanol–water partition coefficient (Wildman–Crippen LogP) is 2.98. The van der Waals surface area contributed by atoms with Crippen molar-refractivity contribution in [2.75, 3.05) is 11.1 Å². The number of nitrogens with one attached hydrogen (secondary N) is 1.